The van der Waals surface area contributed by atoms with Crippen molar-refractivity contribution in [2.75, 3.05) is 24.4 Å². The predicted molar refractivity (Wildman–Crippen MR) is 62.0 cm³/mol. The molecule has 2 N–H and O–H groups in total. The Morgan fingerprint density at radius 3 is 2.25 bits per heavy atom. The Hall–Kier alpha value is -0.180. The molecule has 1 fully saturated rings. The summed E-state index contributed by atoms with van der Waals surface area (Å²) in [5.74, 6) is 0.165. The fourth-order valence-electron chi connectivity index (χ4n) is 1.92. The number of sulfonamides is 1. The molecule has 0 aromatic rings. The van der Waals surface area contributed by atoms with Gasteiger partial charge in [0.15, 0.2) is 14.9 Å². The van der Waals surface area contributed by atoms with Crippen molar-refractivity contribution in [2.24, 2.45) is 11.7 Å². The van der Waals surface area contributed by atoms with Crippen molar-refractivity contribution in [2.45, 2.75) is 19.4 Å². The molecule has 1 heterocycles. The van der Waals surface area contributed by atoms with Crippen LogP contribution < -0.4 is 5.73 Å². The Morgan fingerprint density at radius 1 is 1.25 bits per heavy atom. The minimum atomic E-state index is -3.74. The van der Waals surface area contributed by atoms with Crippen molar-refractivity contribution < 1.29 is 16.8 Å². The average Bonchev–Trinajstić information content (AvgIpc) is 1.96. The highest BCUT2D eigenvalue weighted by Crippen LogP contribution is 2.18. The molecule has 0 aliphatic carbocycles. The number of nitrogens with two attached hydrogens (primary N) is 1. The summed E-state index contributed by atoms with van der Waals surface area (Å²) in [6.45, 7) is 2.47. The van der Waals surface area contributed by atoms with Crippen molar-refractivity contribution >= 4 is 19.9 Å². The van der Waals surface area contributed by atoms with Gasteiger partial charge in [-0.15, -0.1) is 0 Å². The van der Waals surface area contributed by atoms with Gasteiger partial charge in [-0.05, 0) is 12.3 Å². The fraction of sp³-hybridized carbons (Fsp3) is 1.00. The van der Waals surface area contributed by atoms with Gasteiger partial charge in [-0.25, -0.2) is 16.8 Å². The summed E-state index contributed by atoms with van der Waals surface area (Å²) in [6.07, 6.45) is 1.68. The highest BCUT2D eigenvalue weighted by molar-refractivity contribution is 8.06. The van der Waals surface area contributed by atoms with Gasteiger partial charge in [0.05, 0.1) is 0 Å². The molecular weight excluding hydrogens is 252 g/mol. The maximum atomic E-state index is 11.8. The Bertz CT molecular complexity index is 433. The lowest BCUT2D eigenvalue weighted by Gasteiger charge is -2.33. The van der Waals surface area contributed by atoms with Gasteiger partial charge in [0.1, 0.15) is 0 Å². The van der Waals surface area contributed by atoms with E-state index in [0.29, 0.717) is 6.54 Å². The molecule has 0 aromatic carbocycles. The zero-order chi connectivity index (χ0) is 12.6. The molecule has 6 nitrogen and oxygen atoms in total. The first kappa shape index (κ1) is 13.9. The first-order valence-electron chi connectivity index (χ1n) is 5.01. The van der Waals surface area contributed by atoms with Gasteiger partial charge >= 0.3 is 0 Å². The average molecular weight is 270 g/mol. The Labute approximate surface area is 96.8 Å². The molecule has 0 bridgehead atoms. The fourth-order valence-corrected chi connectivity index (χ4v) is 5.58. The number of nitrogens with zero attached hydrogens (tertiary/aromatic N) is 1. The molecule has 2 atom stereocenters. The van der Waals surface area contributed by atoms with E-state index in [0.717, 1.165) is 12.7 Å². The summed E-state index contributed by atoms with van der Waals surface area (Å²) in [5, 5.41) is -0.834. The third kappa shape index (κ3) is 4.00. The van der Waals surface area contributed by atoms with Crippen molar-refractivity contribution in [1.82, 2.24) is 4.31 Å². The zero-order valence-electron chi connectivity index (χ0n) is 9.46. The molecule has 0 aromatic heterocycles. The summed E-state index contributed by atoms with van der Waals surface area (Å²) in [4.78, 5) is 0. The van der Waals surface area contributed by atoms with Crippen LogP contribution >= 0.6 is 0 Å². The van der Waals surface area contributed by atoms with Gasteiger partial charge in [0, 0.05) is 25.4 Å². The largest absolute Gasteiger partial charge is 0.326 e. The standard InChI is InChI=1S/C8H18N2O4S2/c1-7-3-8(9)5-10(4-7)16(13,14)6-15(2,11)12/h7-8H,3-6,9H2,1-2H3. The predicted octanol–water partition coefficient (Wildman–Crippen LogP) is -1.01. The SMILES string of the molecule is CC1CC(N)CN(S(=O)(=O)CS(C)(=O)=O)C1. The monoisotopic (exact) mass is 270 g/mol. The summed E-state index contributed by atoms with van der Waals surface area (Å²) < 4.78 is 46.8. The molecule has 0 spiro atoms. The van der Waals surface area contributed by atoms with Crippen LogP contribution in [0.15, 0.2) is 0 Å². The van der Waals surface area contributed by atoms with Gasteiger partial charge in [-0.2, -0.15) is 4.31 Å². The number of hydrogen-bond donors (Lipinski definition) is 1. The van der Waals surface area contributed by atoms with Crippen LogP contribution in [-0.2, 0) is 19.9 Å². The summed E-state index contributed by atoms with van der Waals surface area (Å²) >= 11 is 0. The zero-order valence-corrected chi connectivity index (χ0v) is 11.1. The molecule has 0 saturated carbocycles. The van der Waals surface area contributed by atoms with Gasteiger partial charge in [-0.3, -0.25) is 0 Å². The number of hydrogen-bond acceptors (Lipinski definition) is 5. The van der Waals surface area contributed by atoms with Crippen LogP contribution in [0.25, 0.3) is 0 Å². The topological polar surface area (TPSA) is 97.5 Å². The number of sulfone groups is 1. The van der Waals surface area contributed by atoms with Gasteiger partial charge in [0.25, 0.3) is 0 Å². The highest BCUT2D eigenvalue weighted by Gasteiger charge is 2.32. The van der Waals surface area contributed by atoms with E-state index in [2.05, 4.69) is 0 Å². The summed E-state index contributed by atoms with van der Waals surface area (Å²) in [6, 6.07) is -0.210. The normalized spacial score (nSPS) is 29.2. The van der Waals surface area contributed by atoms with Crippen molar-refractivity contribution in [3.05, 3.63) is 0 Å². The van der Waals surface area contributed by atoms with E-state index >= 15 is 0 Å². The first-order chi connectivity index (χ1) is 7.10. The quantitative estimate of drug-likeness (QED) is 0.708. The Morgan fingerprint density at radius 2 is 1.81 bits per heavy atom. The van der Waals surface area contributed by atoms with Crippen LogP contribution in [0.5, 0.6) is 0 Å². The molecule has 8 heteroatoms. The smallest absolute Gasteiger partial charge is 0.228 e. The first-order valence-corrected chi connectivity index (χ1v) is 8.68. The third-order valence-corrected chi connectivity index (χ3v) is 6.40. The van der Waals surface area contributed by atoms with Crippen molar-refractivity contribution in [1.29, 1.82) is 0 Å². The second kappa shape index (κ2) is 4.59. The van der Waals surface area contributed by atoms with Crippen LogP contribution in [0.1, 0.15) is 13.3 Å². The molecule has 0 radical (unpaired) electrons. The summed E-state index contributed by atoms with van der Waals surface area (Å²) in [7, 11) is -7.28. The molecule has 2 unspecified atom stereocenters. The second-order valence-corrected chi connectivity index (χ2v) is 9.05. The molecule has 1 aliphatic heterocycles. The summed E-state index contributed by atoms with van der Waals surface area (Å²) in [5.41, 5.74) is 5.72. The highest BCUT2D eigenvalue weighted by atomic mass is 32.3. The van der Waals surface area contributed by atoms with E-state index < -0.39 is 24.9 Å². The van der Waals surface area contributed by atoms with Crippen LogP contribution in [0, 0.1) is 5.92 Å². The van der Waals surface area contributed by atoms with E-state index in [1.807, 2.05) is 6.92 Å². The molecule has 1 aliphatic rings. The van der Waals surface area contributed by atoms with Gasteiger partial charge < -0.3 is 5.73 Å². The van der Waals surface area contributed by atoms with E-state index in [4.69, 9.17) is 5.73 Å². The molecule has 0 amide bonds. The second-order valence-electron chi connectivity index (χ2n) is 4.57. The minimum absolute atomic E-state index is 0.165. The van der Waals surface area contributed by atoms with Crippen LogP contribution in [0.4, 0.5) is 0 Å². The molecular formula is C8H18N2O4S2. The van der Waals surface area contributed by atoms with E-state index in [1.165, 1.54) is 4.31 Å². The van der Waals surface area contributed by atoms with E-state index in [-0.39, 0.29) is 18.5 Å². The Balaban J connectivity index is 2.84. The van der Waals surface area contributed by atoms with Crippen LogP contribution in [-0.4, -0.2) is 51.6 Å². The van der Waals surface area contributed by atoms with E-state index in [9.17, 15) is 16.8 Å². The Kier molecular flexibility index (Phi) is 3.99. The lowest BCUT2D eigenvalue weighted by Crippen LogP contribution is -2.49. The number of rotatable bonds is 3. The number of piperidine rings is 1. The van der Waals surface area contributed by atoms with Crippen LogP contribution in [0.3, 0.4) is 0 Å². The third-order valence-electron chi connectivity index (χ3n) is 2.41. The maximum absolute atomic E-state index is 11.8. The van der Waals surface area contributed by atoms with Crippen molar-refractivity contribution in [3.8, 4) is 0 Å². The molecule has 1 saturated heterocycles. The lowest BCUT2D eigenvalue weighted by molar-refractivity contribution is 0.255. The van der Waals surface area contributed by atoms with Gasteiger partial charge in [-0.1, -0.05) is 6.92 Å². The molecule has 96 valence electrons. The van der Waals surface area contributed by atoms with E-state index in [1.54, 1.807) is 0 Å². The maximum Gasteiger partial charge on any atom is 0.228 e. The minimum Gasteiger partial charge on any atom is -0.326 e. The van der Waals surface area contributed by atoms with Gasteiger partial charge in [0.2, 0.25) is 10.0 Å². The lowest BCUT2D eigenvalue weighted by atomic mass is 9.99. The molecule has 1 rings (SSSR count). The van der Waals surface area contributed by atoms with Crippen LogP contribution in [0.2, 0.25) is 0 Å². The van der Waals surface area contributed by atoms with Crippen molar-refractivity contribution in [3.63, 3.8) is 0 Å². The molecule has 16 heavy (non-hydrogen) atoms.